The second-order valence-electron chi connectivity index (χ2n) is 10.2. The molecule has 0 heterocycles. The molecule has 0 aromatic carbocycles. The maximum atomic E-state index is 13.2. The Morgan fingerprint density at radius 1 is 0.576 bits per heavy atom. The van der Waals surface area contributed by atoms with E-state index in [0.717, 1.165) is 12.5 Å². The van der Waals surface area contributed by atoms with Crippen LogP contribution in [-0.4, -0.2) is 59.2 Å². The fraction of sp³-hybridized carbons (Fsp3) is 1.00. The lowest BCUT2D eigenvalue weighted by Gasteiger charge is -2.44. The van der Waals surface area contributed by atoms with Gasteiger partial charge in [0.05, 0.1) is 0 Å². The highest BCUT2D eigenvalue weighted by Gasteiger charge is 2.51. The van der Waals surface area contributed by atoms with Gasteiger partial charge in [-0.1, -0.05) is 0 Å². The third-order valence-electron chi connectivity index (χ3n) is 4.96. The number of hydrogen-bond acceptors (Lipinski definition) is 5. The Kier molecular flexibility index (Phi) is 13.1. The summed E-state index contributed by atoms with van der Waals surface area (Å²) in [6.45, 7) is 11.7. The minimum absolute atomic E-state index is 0.366. The van der Waals surface area contributed by atoms with Crippen molar-refractivity contribution in [2.75, 3.05) is 13.1 Å². The van der Waals surface area contributed by atoms with Crippen molar-refractivity contribution >= 4 is 33.8 Å². The summed E-state index contributed by atoms with van der Waals surface area (Å²) in [7, 11) is -12.0. The normalized spacial score (nSPS) is 14.7. The Morgan fingerprint density at radius 3 is 1.27 bits per heavy atom. The van der Waals surface area contributed by atoms with Crippen LogP contribution in [0.2, 0.25) is 63.5 Å². The van der Waals surface area contributed by atoms with Gasteiger partial charge in [0.1, 0.15) is 0 Å². The van der Waals surface area contributed by atoms with Gasteiger partial charge in [0.2, 0.25) is 0 Å². The molecule has 0 rings (SSSR count). The predicted molar refractivity (Wildman–Crippen MR) is 129 cm³/mol. The Bertz CT molecular complexity index is 560. The monoisotopic (exact) mass is 560 g/mol. The van der Waals surface area contributed by atoms with E-state index in [9.17, 15) is 26.3 Å². The zero-order valence-electron chi connectivity index (χ0n) is 20.7. The number of alkyl halides is 6. The Morgan fingerprint density at radius 2 is 0.939 bits per heavy atom. The van der Waals surface area contributed by atoms with Gasteiger partial charge in [0.25, 0.3) is 0 Å². The molecule has 15 heteroatoms. The third-order valence-corrected chi connectivity index (χ3v) is 21.4. The number of nitrogens with two attached hydrogens (primary N) is 2. The standard InChI is InChI=1S/C18H42F6N2O3Si4/c1-30(2,13-7-11-25)27-32(5,6)29-33(15-9-17(19,20)21,16-10-18(22,23)24)28-31(3,4)14-8-12-26/h7-16,25-26H2,1-6H3. The lowest BCUT2D eigenvalue weighted by Crippen LogP contribution is -2.59. The molecule has 4 N–H and O–H groups in total. The molecule has 200 valence electrons. The predicted octanol–water partition coefficient (Wildman–Crippen LogP) is 6.19. The van der Waals surface area contributed by atoms with Crippen molar-refractivity contribution in [3.63, 3.8) is 0 Å². The average Bonchev–Trinajstić information content (AvgIpc) is 2.59. The zero-order chi connectivity index (χ0) is 26.2. The molecule has 0 fully saturated rings. The van der Waals surface area contributed by atoms with Crippen LogP contribution in [0.4, 0.5) is 26.3 Å². The first-order valence-corrected chi connectivity index (χ1v) is 22.6. The van der Waals surface area contributed by atoms with Crippen LogP contribution in [0.15, 0.2) is 0 Å². The molecule has 0 spiro atoms. The van der Waals surface area contributed by atoms with E-state index in [1.807, 2.05) is 13.1 Å². The summed E-state index contributed by atoms with van der Waals surface area (Å²) in [6.07, 6.45) is -10.3. The van der Waals surface area contributed by atoms with Gasteiger partial charge in [0.15, 0.2) is 16.6 Å². The van der Waals surface area contributed by atoms with Crippen molar-refractivity contribution in [3.8, 4) is 0 Å². The summed E-state index contributed by atoms with van der Waals surface area (Å²) >= 11 is 0. The molecule has 0 saturated heterocycles. The Labute approximate surface area is 198 Å². The second kappa shape index (κ2) is 13.0. The molecule has 0 aliphatic rings. The molecule has 0 atom stereocenters. The Hall–Kier alpha value is 0.248. The summed E-state index contributed by atoms with van der Waals surface area (Å²) in [5, 5.41) is 0. The highest BCUT2D eigenvalue weighted by molar-refractivity contribution is 6.90. The fourth-order valence-corrected chi connectivity index (χ4v) is 24.0. The SMILES string of the molecule is C[Si](C)(CCCN)O[Si](C)(C)O[Si](CCC(F)(F)F)(CCC(F)(F)F)O[Si](C)(C)CCCN. The van der Waals surface area contributed by atoms with Crippen molar-refractivity contribution in [3.05, 3.63) is 0 Å². The molecule has 5 nitrogen and oxygen atoms in total. The van der Waals surface area contributed by atoms with Crippen molar-refractivity contribution < 1.29 is 38.7 Å². The average molecular weight is 561 g/mol. The largest absolute Gasteiger partial charge is 0.436 e. The highest BCUT2D eigenvalue weighted by Crippen LogP contribution is 2.38. The van der Waals surface area contributed by atoms with Crippen LogP contribution in [0.3, 0.4) is 0 Å². The van der Waals surface area contributed by atoms with Crippen LogP contribution < -0.4 is 11.5 Å². The van der Waals surface area contributed by atoms with Gasteiger partial charge < -0.3 is 23.8 Å². The van der Waals surface area contributed by atoms with Gasteiger partial charge >= 0.3 is 29.5 Å². The van der Waals surface area contributed by atoms with Gasteiger partial charge in [-0.05, 0) is 89.4 Å². The van der Waals surface area contributed by atoms with Crippen molar-refractivity contribution in [1.82, 2.24) is 0 Å². The van der Waals surface area contributed by atoms with Crippen LogP contribution in [0.1, 0.15) is 25.7 Å². The van der Waals surface area contributed by atoms with E-state index >= 15 is 0 Å². The van der Waals surface area contributed by atoms with E-state index < -0.39 is 71.0 Å². The van der Waals surface area contributed by atoms with Crippen molar-refractivity contribution in [1.29, 1.82) is 0 Å². The maximum absolute atomic E-state index is 13.2. The number of halogens is 6. The first kappa shape index (κ1) is 33.2. The highest BCUT2D eigenvalue weighted by atomic mass is 28.5. The first-order chi connectivity index (χ1) is 14.7. The molecule has 0 unspecified atom stereocenters. The first-order valence-electron chi connectivity index (χ1n) is 11.3. The second-order valence-corrected chi connectivity index (χ2v) is 26.3. The van der Waals surface area contributed by atoms with E-state index in [0.29, 0.717) is 25.6 Å². The molecular weight excluding hydrogens is 519 g/mol. The van der Waals surface area contributed by atoms with E-state index in [1.54, 1.807) is 26.2 Å². The topological polar surface area (TPSA) is 79.7 Å². The molecule has 0 radical (unpaired) electrons. The molecule has 0 bridgehead atoms. The third kappa shape index (κ3) is 16.5. The molecule has 33 heavy (non-hydrogen) atoms. The zero-order valence-corrected chi connectivity index (χ0v) is 24.7. The van der Waals surface area contributed by atoms with Gasteiger partial charge in [-0.15, -0.1) is 0 Å². The molecule has 0 aromatic rings. The van der Waals surface area contributed by atoms with E-state index in [-0.39, 0.29) is 0 Å². The van der Waals surface area contributed by atoms with Crippen LogP contribution in [0.5, 0.6) is 0 Å². The number of rotatable bonds is 16. The van der Waals surface area contributed by atoms with Crippen LogP contribution in [0, 0.1) is 0 Å². The van der Waals surface area contributed by atoms with Crippen molar-refractivity contribution in [2.24, 2.45) is 11.5 Å². The molecule has 0 saturated carbocycles. The van der Waals surface area contributed by atoms with Crippen LogP contribution in [-0.2, 0) is 12.3 Å². The summed E-state index contributed by atoms with van der Waals surface area (Å²) < 4.78 is 98.1. The minimum atomic E-state index is -4.53. The summed E-state index contributed by atoms with van der Waals surface area (Å²) in [5.74, 6) is 0. The minimum Gasteiger partial charge on any atom is -0.436 e. The van der Waals surface area contributed by atoms with Gasteiger partial charge in [-0.3, -0.25) is 0 Å². The van der Waals surface area contributed by atoms with Crippen LogP contribution >= 0.6 is 0 Å². The van der Waals surface area contributed by atoms with Gasteiger partial charge in [-0.2, -0.15) is 26.3 Å². The van der Waals surface area contributed by atoms with Gasteiger partial charge in [0, 0.05) is 12.8 Å². The van der Waals surface area contributed by atoms with E-state index in [4.69, 9.17) is 23.8 Å². The molecule has 0 aromatic heterocycles. The van der Waals surface area contributed by atoms with Gasteiger partial charge in [-0.25, -0.2) is 0 Å². The Balaban J connectivity index is 6.09. The van der Waals surface area contributed by atoms with Crippen LogP contribution in [0.25, 0.3) is 0 Å². The quantitative estimate of drug-likeness (QED) is 0.174. The van der Waals surface area contributed by atoms with E-state index in [2.05, 4.69) is 0 Å². The maximum Gasteiger partial charge on any atom is 0.389 e. The molecular formula is C18H42F6N2O3Si4. The fourth-order valence-electron chi connectivity index (χ4n) is 3.81. The van der Waals surface area contributed by atoms with Crippen molar-refractivity contribution in [2.45, 2.75) is 101 Å². The molecule has 0 aliphatic heterocycles. The lowest BCUT2D eigenvalue weighted by atomic mass is 10.5. The number of hydrogen-bond donors (Lipinski definition) is 2. The summed E-state index contributed by atoms with van der Waals surface area (Å²) in [5.41, 5.74) is 11.2. The summed E-state index contributed by atoms with van der Waals surface area (Å²) in [6, 6.07) is 0.0756. The summed E-state index contributed by atoms with van der Waals surface area (Å²) in [4.78, 5) is 0. The smallest absolute Gasteiger partial charge is 0.389 e. The van der Waals surface area contributed by atoms with E-state index in [1.165, 1.54) is 0 Å². The lowest BCUT2D eigenvalue weighted by molar-refractivity contribution is -0.133. The molecule has 0 aliphatic carbocycles. The molecule has 0 amide bonds.